The fourth-order valence-corrected chi connectivity index (χ4v) is 1.91. The van der Waals surface area contributed by atoms with Crippen molar-refractivity contribution >= 4 is 17.4 Å². The first-order valence-electron chi connectivity index (χ1n) is 5.10. The van der Waals surface area contributed by atoms with Gasteiger partial charge in [0.15, 0.2) is 5.78 Å². The molecule has 4 nitrogen and oxygen atoms in total. The van der Waals surface area contributed by atoms with Crippen LogP contribution in [0.1, 0.15) is 28.8 Å². The number of fused-ring (bicyclic) bond motifs is 1. The van der Waals surface area contributed by atoms with Crippen molar-refractivity contribution in [2.75, 3.05) is 19.0 Å². The van der Waals surface area contributed by atoms with Crippen molar-refractivity contribution in [3.8, 4) is 0 Å². The van der Waals surface area contributed by atoms with Crippen LogP contribution in [0.5, 0.6) is 0 Å². The van der Waals surface area contributed by atoms with Crippen molar-refractivity contribution in [2.24, 2.45) is 0 Å². The average Bonchev–Trinajstić information content (AvgIpc) is 2.70. The molecule has 1 aromatic carbocycles. The monoisotopic (exact) mass is 219 g/mol. The van der Waals surface area contributed by atoms with Crippen LogP contribution < -0.4 is 5.32 Å². The summed E-state index contributed by atoms with van der Waals surface area (Å²) in [5, 5.41) is 3.12. The third-order valence-electron chi connectivity index (χ3n) is 2.82. The number of esters is 1. The molecule has 0 saturated heterocycles. The second-order valence-corrected chi connectivity index (χ2v) is 3.81. The van der Waals surface area contributed by atoms with E-state index >= 15 is 0 Å². The van der Waals surface area contributed by atoms with Gasteiger partial charge in [0.1, 0.15) is 5.92 Å². The van der Waals surface area contributed by atoms with Crippen LogP contribution in [-0.2, 0) is 9.53 Å². The van der Waals surface area contributed by atoms with Gasteiger partial charge in [-0.05, 0) is 30.7 Å². The zero-order valence-corrected chi connectivity index (χ0v) is 9.24. The van der Waals surface area contributed by atoms with Crippen molar-refractivity contribution in [3.05, 3.63) is 29.3 Å². The molecule has 16 heavy (non-hydrogen) atoms. The van der Waals surface area contributed by atoms with Gasteiger partial charge < -0.3 is 10.1 Å². The van der Waals surface area contributed by atoms with Gasteiger partial charge >= 0.3 is 5.97 Å². The fraction of sp³-hybridized carbons (Fsp3) is 0.333. The number of carbonyl (C=O) groups is 2. The lowest BCUT2D eigenvalue weighted by Gasteiger charge is -2.07. The highest BCUT2D eigenvalue weighted by Gasteiger charge is 2.29. The Labute approximate surface area is 93.6 Å². The first-order valence-corrected chi connectivity index (χ1v) is 5.10. The summed E-state index contributed by atoms with van der Waals surface area (Å²) in [5.41, 5.74) is 2.37. The number of benzene rings is 1. The summed E-state index contributed by atoms with van der Waals surface area (Å²) in [6, 6.07) is 5.35. The van der Waals surface area contributed by atoms with Crippen molar-refractivity contribution in [1.82, 2.24) is 0 Å². The Hall–Kier alpha value is -1.84. The number of nitrogens with one attached hydrogen (secondary N) is 1. The third-order valence-corrected chi connectivity index (χ3v) is 2.82. The van der Waals surface area contributed by atoms with Gasteiger partial charge in [0.05, 0.1) is 7.11 Å². The summed E-state index contributed by atoms with van der Waals surface area (Å²) in [4.78, 5) is 22.8. The number of ether oxygens (including phenoxy) is 1. The molecule has 1 unspecified atom stereocenters. The van der Waals surface area contributed by atoms with E-state index in [4.69, 9.17) is 4.74 Å². The van der Waals surface area contributed by atoms with Crippen LogP contribution in [-0.4, -0.2) is 25.4 Å². The molecule has 1 aliphatic rings. The Morgan fingerprint density at radius 2 is 2.19 bits per heavy atom. The first-order chi connectivity index (χ1) is 7.63. The minimum Gasteiger partial charge on any atom is -0.468 e. The van der Waals surface area contributed by atoms with Gasteiger partial charge in [-0.3, -0.25) is 9.59 Å². The van der Waals surface area contributed by atoms with E-state index in [1.54, 1.807) is 12.1 Å². The van der Waals surface area contributed by atoms with Crippen LogP contribution in [0.2, 0.25) is 0 Å². The molecule has 0 fully saturated rings. The van der Waals surface area contributed by atoms with Gasteiger partial charge in [-0.25, -0.2) is 0 Å². The van der Waals surface area contributed by atoms with Crippen LogP contribution in [0.15, 0.2) is 18.2 Å². The predicted molar refractivity (Wildman–Crippen MR) is 59.7 cm³/mol. The lowest BCUT2D eigenvalue weighted by molar-refractivity contribution is -0.141. The summed E-state index contributed by atoms with van der Waals surface area (Å²) in [5.74, 6) is -0.579. The number of ketones is 1. The van der Waals surface area contributed by atoms with Crippen molar-refractivity contribution in [3.63, 3.8) is 0 Å². The number of Topliss-reactive ketones (excluding diaryl/α,β-unsaturated/α-hetero) is 1. The highest BCUT2D eigenvalue weighted by atomic mass is 16.5. The maximum atomic E-state index is 11.5. The number of hydrogen-bond donors (Lipinski definition) is 1. The molecule has 1 aliphatic heterocycles. The third kappa shape index (κ3) is 1.66. The number of carbonyl (C=O) groups excluding carboxylic acids is 2. The van der Waals surface area contributed by atoms with E-state index in [1.807, 2.05) is 6.07 Å². The minimum atomic E-state index is -0.306. The molecule has 0 bridgehead atoms. The smallest absolute Gasteiger partial charge is 0.315 e. The first kappa shape index (κ1) is 10.7. The number of methoxy groups -OCH3 is 1. The van der Waals surface area contributed by atoms with Gasteiger partial charge in [0.25, 0.3) is 0 Å². The Morgan fingerprint density at radius 1 is 1.44 bits per heavy atom. The van der Waals surface area contributed by atoms with E-state index in [9.17, 15) is 9.59 Å². The maximum absolute atomic E-state index is 11.5. The fourth-order valence-electron chi connectivity index (χ4n) is 1.91. The molecule has 0 aromatic heterocycles. The molecule has 84 valence electrons. The van der Waals surface area contributed by atoms with Gasteiger partial charge in [0.2, 0.25) is 0 Å². The SMILES string of the molecule is COC(=O)C1CNc2ccc(C(C)=O)cc21. The molecule has 2 rings (SSSR count). The molecule has 0 amide bonds. The van der Waals surface area contributed by atoms with Crippen molar-refractivity contribution < 1.29 is 14.3 Å². The van der Waals surface area contributed by atoms with Crippen LogP contribution >= 0.6 is 0 Å². The molecular formula is C12H13NO3. The number of anilines is 1. The standard InChI is InChI=1S/C12H13NO3/c1-7(14)8-3-4-11-9(5-8)10(6-13-11)12(15)16-2/h3-5,10,13H,6H2,1-2H3. The highest BCUT2D eigenvalue weighted by Crippen LogP contribution is 2.32. The number of rotatable bonds is 2. The Morgan fingerprint density at radius 3 is 2.81 bits per heavy atom. The summed E-state index contributed by atoms with van der Waals surface area (Å²) in [7, 11) is 1.37. The molecular weight excluding hydrogens is 206 g/mol. The molecule has 1 aromatic rings. The van der Waals surface area contributed by atoms with Gasteiger partial charge in [-0.2, -0.15) is 0 Å². The zero-order valence-electron chi connectivity index (χ0n) is 9.24. The minimum absolute atomic E-state index is 0.00156. The van der Waals surface area contributed by atoms with Crippen LogP contribution in [0.25, 0.3) is 0 Å². The number of hydrogen-bond acceptors (Lipinski definition) is 4. The van der Waals surface area contributed by atoms with E-state index in [0.717, 1.165) is 11.3 Å². The Kier molecular flexibility index (Phi) is 2.64. The van der Waals surface area contributed by atoms with E-state index in [0.29, 0.717) is 12.1 Å². The predicted octanol–water partition coefficient (Wildman–Crippen LogP) is 1.57. The second-order valence-electron chi connectivity index (χ2n) is 3.81. The lowest BCUT2D eigenvalue weighted by atomic mass is 9.98. The van der Waals surface area contributed by atoms with Crippen molar-refractivity contribution in [1.29, 1.82) is 0 Å². The molecule has 1 heterocycles. The van der Waals surface area contributed by atoms with E-state index in [-0.39, 0.29) is 17.7 Å². The summed E-state index contributed by atoms with van der Waals surface area (Å²) in [6.45, 7) is 2.04. The summed E-state index contributed by atoms with van der Waals surface area (Å²) >= 11 is 0. The molecule has 0 saturated carbocycles. The normalized spacial score (nSPS) is 17.5. The highest BCUT2D eigenvalue weighted by molar-refractivity contribution is 5.96. The van der Waals surface area contributed by atoms with Gasteiger partial charge in [-0.1, -0.05) is 0 Å². The summed E-state index contributed by atoms with van der Waals surface area (Å²) < 4.78 is 4.73. The maximum Gasteiger partial charge on any atom is 0.315 e. The molecule has 1 N–H and O–H groups in total. The van der Waals surface area contributed by atoms with E-state index in [1.165, 1.54) is 14.0 Å². The molecule has 4 heteroatoms. The Balaban J connectivity index is 2.40. The molecule has 1 atom stereocenters. The average molecular weight is 219 g/mol. The topological polar surface area (TPSA) is 55.4 Å². The van der Waals surface area contributed by atoms with Gasteiger partial charge in [0, 0.05) is 17.8 Å². The van der Waals surface area contributed by atoms with E-state index < -0.39 is 0 Å². The van der Waals surface area contributed by atoms with Crippen LogP contribution in [0.3, 0.4) is 0 Å². The molecule has 0 radical (unpaired) electrons. The second kappa shape index (κ2) is 3.96. The zero-order chi connectivity index (χ0) is 11.7. The van der Waals surface area contributed by atoms with E-state index in [2.05, 4.69) is 5.32 Å². The van der Waals surface area contributed by atoms with Gasteiger partial charge in [-0.15, -0.1) is 0 Å². The van der Waals surface area contributed by atoms with Crippen LogP contribution in [0, 0.1) is 0 Å². The van der Waals surface area contributed by atoms with Crippen LogP contribution in [0.4, 0.5) is 5.69 Å². The lowest BCUT2D eigenvalue weighted by Crippen LogP contribution is -2.16. The Bertz CT molecular complexity index is 454. The largest absolute Gasteiger partial charge is 0.468 e. The summed E-state index contributed by atoms with van der Waals surface area (Å²) in [6.07, 6.45) is 0. The molecule has 0 aliphatic carbocycles. The molecule has 0 spiro atoms. The quantitative estimate of drug-likeness (QED) is 0.606. The van der Waals surface area contributed by atoms with Crippen molar-refractivity contribution in [2.45, 2.75) is 12.8 Å².